The highest BCUT2D eigenvalue weighted by molar-refractivity contribution is 5.82. The Kier molecular flexibility index (Phi) is 3.23. The lowest BCUT2D eigenvalue weighted by atomic mass is 9.88. The molecule has 1 heterocycles. The van der Waals surface area contributed by atoms with Crippen molar-refractivity contribution in [2.45, 2.75) is 26.7 Å². The second-order valence-corrected chi connectivity index (χ2v) is 3.87. The van der Waals surface area contributed by atoms with Crippen molar-refractivity contribution >= 4 is 5.78 Å². The molecule has 0 atom stereocenters. The largest absolute Gasteiger partial charge is 0.299 e. The predicted octanol–water partition coefficient (Wildman–Crippen LogP) is 0.797. The molecule has 0 spiro atoms. The van der Waals surface area contributed by atoms with Crippen molar-refractivity contribution in [2.75, 3.05) is 13.1 Å². The van der Waals surface area contributed by atoms with Gasteiger partial charge in [0.25, 0.3) is 0 Å². The molecular formula is C9H18N2O. The third-order valence-corrected chi connectivity index (χ3v) is 2.50. The Hall–Kier alpha value is -0.410. The van der Waals surface area contributed by atoms with Gasteiger partial charge in [-0.2, -0.15) is 0 Å². The van der Waals surface area contributed by atoms with Crippen LogP contribution < -0.4 is 5.84 Å². The molecule has 0 aliphatic carbocycles. The van der Waals surface area contributed by atoms with Gasteiger partial charge in [-0.1, -0.05) is 13.8 Å². The maximum Gasteiger partial charge on any atom is 0.138 e. The quantitative estimate of drug-likeness (QED) is 0.623. The fourth-order valence-corrected chi connectivity index (χ4v) is 1.66. The summed E-state index contributed by atoms with van der Waals surface area (Å²) in [6.45, 7) is 5.67. The number of nitrogens with two attached hydrogens (primary N) is 1. The highest BCUT2D eigenvalue weighted by atomic mass is 16.1. The van der Waals surface area contributed by atoms with Gasteiger partial charge in [0.1, 0.15) is 5.78 Å². The van der Waals surface area contributed by atoms with E-state index in [-0.39, 0.29) is 11.8 Å². The average molecular weight is 170 g/mol. The van der Waals surface area contributed by atoms with E-state index in [1.807, 2.05) is 13.8 Å². The third kappa shape index (κ3) is 2.29. The molecule has 0 aromatic rings. The Bertz CT molecular complexity index is 160. The second-order valence-electron chi connectivity index (χ2n) is 3.87. The van der Waals surface area contributed by atoms with Crippen LogP contribution in [0.1, 0.15) is 26.7 Å². The summed E-state index contributed by atoms with van der Waals surface area (Å²) in [4.78, 5) is 11.5. The summed E-state index contributed by atoms with van der Waals surface area (Å²) in [6.07, 6.45) is 1.88. The number of hydrogen-bond donors (Lipinski definition) is 1. The summed E-state index contributed by atoms with van der Waals surface area (Å²) in [5.74, 6) is 6.45. The Labute approximate surface area is 73.9 Å². The Balaban J connectivity index is 2.39. The van der Waals surface area contributed by atoms with Gasteiger partial charge in [-0.25, -0.2) is 5.01 Å². The van der Waals surface area contributed by atoms with Crippen molar-refractivity contribution in [3.63, 3.8) is 0 Å². The topological polar surface area (TPSA) is 46.3 Å². The normalized spacial score (nSPS) is 21.7. The summed E-state index contributed by atoms with van der Waals surface area (Å²) in [5, 5.41) is 1.80. The van der Waals surface area contributed by atoms with Crippen LogP contribution in [0.2, 0.25) is 0 Å². The van der Waals surface area contributed by atoms with E-state index < -0.39 is 0 Å². The first-order valence-corrected chi connectivity index (χ1v) is 4.64. The van der Waals surface area contributed by atoms with Gasteiger partial charge in [-0.05, 0) is 12.8 Å². The number of carbonyl (C=O) groups is 1. The van der Waals surface area contributed by atoms with Crippen molar-refractivity contribution in [3.8, 4) is 0 Å². The van der Waals surface area contributed by atoms with E-state index >= 15 is 0 Å². The van der Waals surface area contributed by atoms with E-state index in [0.29, 0.717) is 5.78 Å². The highest BCUT2D eigenvalue weighted by Crippen LogP contribution is 2.19. The van der Waals surface area contributed by atoms with Crippen molar-refractivity contribution in [1.29, 1.82) is 0 Å². The van der Waals surface area contributed by atoms with Gasteiger partial charge in [0, 0.05) is 24.9 Å². The number of hydrazine groups is 1. The summed E-state index contributed by atoms with van der Waals surface area (Å²) < 4.78 is 0. The SMILES string of the molecule is CC(C)C(=O)C1CCN(N)CC1. The molecule has 12 heavy (non-hydrogen) atoms. The molecule has 0 aromatic carbocycles. The lowest BCUT2D eigenvalue weighted by molar-refractivity contribution is -0.127. The van der Waals surface area contributed by atoms with Crippen LogP contribution in [-0.2, 0) is 4.79 Å². The van der Waals surface area contributed by atoms with E-state index in [2.05, 4.69) is 0 Å². The molecule has 0 bridgehead atoms. The number of hydrogen-bond acceptors (Lipinski definition) is 3. The molecule has 3 heteroatoms. The summed E-state index contributed by atoms with van der Waals surface area (Å²) in [6, 6.07) is 0. The molecule has 1 saturated heterocycles. The van der Waals surface area contributed by atoms with Gasteiger partial charge in [-0.3, -0.25) is 10.6 Å². The van der Waals surface area contributed by atoms with Gasteiger partial charge in [0.2, 0.25) is 0 Å². The van der Waals surface area contributed by atoms with Crippen LogP contribution in [-0.4, -0.2) is 23.9 Å². The minimum Gasteiger partial charge on any atom is -0.299 e. The first kappa shape index (κ1) is 9.68. The number of rotatable bonds is 2. The van der Waals surface area contributed by atoms with Crippen LogP contribution in [0, 0.1) is 11.8 Å². The molecule has 1 rings (SSSR count). The molecule has 1 aliphatic heterocycles. The van der Waals surface area contributed by atoms with E-state index in [9.17, 15) is 4.79 Å². The maximum atomic E-state index is 11.5. The predicted molar refractivity (Wildman–Crippen MR) is 48.3 cm³/mol. The zero-order valence-corrected chi connectivity index (χ0v) is 7.92. The minimum atomic E-state index is 0.180. The van der Waals surface area contributed by atoms with Gasteiger partial charge < -0.3 is 0 Å². The summed E-state index contributed by atoms with van der Waals surface area (Å²) in [7, 11) is 0. The third-order valence-electron chi connectivity index (χ3n) is 2.50. The lowest BCUT2D eigenvalue weighted by Gasteiger charge is -2.28. The van der Waals surface area contributed by atoms with E-state index in [0.717, 1.165) is 25.9 Å². The Morgan fingerprint density at radius 2 is 1.92 bits per heavy atom. The first-order valence-electron chi connectivity index (χ1n) is 4.64. The van der Waals surface area contributed by atoms with Crippen molar-refractivity contribution in [2.24, 2.45) is 17.7 Å². The Morgan fingerprint density at radius 3 is 2.33 bits per heavy atom. The highest BCUT2D eigenvalue weighted by Gasteiger charge is 2.24. The van der Waals surface area contributed by atoms with Gasteiger partial charge in [0.15, 0.2) is 0 Å². The number of Topliss-reactive ketones (excluding diaryl/α,β-unsaturated/α-hetero) is 1. The summed E-state index contributed by atoms with van der Waals surface area (Å²) in [5.41, 5.74) is 0. The van der Waals surface area contributed by atoms with Crippen LogP contribution in [0.4, 0.5) is 0 Å². The number of carbonyl (C=O) groups excluding carboxylic acids is 1. The molecule has 2 N–H and O–H groups in total. The first-order chi connectivity index (χ1) is 5.61. The molecule has 1 fully saturated rings. The molecule has 3 nitrogen and oxygen atoms in total. The molecule has 1 aliphatic rings. The average Bonchev–Trinajstić information content (AvgIpc) is 2.04. The van der Waals surface area contributed by atoms with Gasteiger partial charge in [-0.15, -0.1) is 0 Å². The summed E-state index contributed by atoms with van der Waals surface area (Å²) >= 11 is 0. The smallest absolute Gasteiger partial charge is 0.138 e. The lowest BCUT2D eigenvalue weighted by Crippen LogP contribution is -2.41. The monoisotopic (exact) mass is 170 g/mol. The van der Waals surface area contributed by atoms with Crippen LogP contribution >= 0.6 is 0 Å². The number of piperidine rings is 1. The fourth-order valence-electron chi connectivity index (χ4n) is 1.66. The molecule has 0 aromatic heterocycles. The number of nitrogens with zero attached hydrogens (tertiary/aromatic N) is 1. The second kappa shape index (κ2) is 4.01. The van der Waals surface area contributed by atoms with Crippen LogP contribution in [0.5, 0.6) is 0 Å². The fraction of sp³-hybridized carbons (Fsp3) is 0.889. The molecule has 0 saturated carbocycles. The van der Waals surface area contributed by atoms with Crippen molar-refractivity contribution in [3.05, 3.63) is 0 Å². The molecule has 0 unspecified atom stereocenters. The molecular weight excluding hydrogens is 152 g/mol. The van der Waals surface area contributed by atoms with Crippen molar-refractivity contribution < 1.29 is 4.79 Å². The van der Waals surface area contributed by atoms with Crippen LogP contribution in [0.15, 0.2) is 0 Å². The molecule has 0 amide bonds. The van der Waals surface area contributed by atoms with E-state index in [1.165, 1.54) is 0 Å². The van der Waals surface area contributed by atoms with Crippen LogP contribution in [0.25, 0.3) is 0 Å². The van der Waals surface area contributed by atoms with E-state index in [4.69, 9.17) is 5.84 Å². The zero-order chi connectivity index (χ0) is 9.14. The van der Waals surface area contributed by atoms with Crippen LogP contribution in [0.3, 0.4) is 0 Å². The molecule has 70 valence electrons. The van der Waals surface area contributed by atoms with E-state index in [1.54, 1.807) is 5.01 Å². The van der Waals surface area contributed by atoms with Gasteiger partial charge in [0.05, 0.1) is 0 Å². The standard InChI is InChI=1S/C9H18N2O/c1-7(2)9(12)8-3-5-11(10)6-4-8/h7-8H,3-6,10H2,1-2H3. The van der Waals surface area contributed by atoms with Gasteiger partial charge >= 0.3 is 0 Å². The Morgan fingerprint density at radius 1 is 1.42 bits per heavy atom. The minimum absolute atomic E-state index is 0.180. The maximum absolute atomic E-state index is 11.5. The molecule has 0 radical (unpaired) electrons. The van der Waals surface area contributed by atoms with Crippen molar-refractivity contribution in [1.82, 2.24) is 5.01 Å². The zero-order valence-electron chi connectivity index (χ0n) is 7.92. The number of ketones is 1.